The molecular formula is C12H13BrFN3O. The number of carbonyl (C=O) groups is 1. The van der Waals surface area contributed by atoms with Crippen LogP contribution in [0.5, 0.6) is 0 Å². The predicted molar refractivity (Wildman–Crippen MR) is 70.7 cm³/mol. The zero-order valence-corrected chi connectivity index (χ0v) is 11.6. The van der Waals surface area contributed by atoms with Crippen molar-refractivity contribution < 1.29 is 9.18 Å². The van der Waals surface area contributed by atoms with Gasteiger partial charge in [0.25, 0.3) is 5.91 Å². The summed E-state index contributed by atoms with van der Waals surface area (Å²) in [6, 6.07) is 3.67. The van der Waals surface area contributed by atoms with Crippen molar-refractivity contribution in [2.45, 2.75) is 25.9 Å². The van der Waals surface area contributed by atoms with Gasteiger partial charge in [-0.3, -0.25) is 10.1 Å². The van der Waals surface area contributed by atoms with Crippen molar-refractivity contribution in [3.63, 3.8) is 0 Å². The van der Waals surface area contributed by atoms with E-state index in [1.807, 2.05) is 13.8 Å². The van der Waals surface area contributed by atoms with Gasteiger partial charge in [-0.05, 0) is 32.0 Å². The van der Waals surface area contributed by atoms with Crippen LogP contribution < -0.4 is 10.6 Å². The molecule has 0 radical (unpaired) electrons. The summed E-state index contributed by atoms with van der Waals surface area (Å²) in [5.41, 5.74) is 0.521. The van der Waals surface area contributed by atoms with Crippen LogP contribution in [-0.2, 0) is 4.79 Å². The molecule has 6 heteroatoms. The average Bonchev–Trinajstić information content (AvgIpc) is 2.62. The first-order chi connectivity index (χ1) is 8.47. The van der Waals surface area contributed by atoms with Crippen molar-refractivity contribution in [1.29, 1.82) is 0 Å². The Bertz CT molecular complexity index is 516. The van der Waals surface area contributed by atoms with Crippen molar-refractivity contribution in [3.05, 3.63) is 34.1 Å². The van der Waals surface area contributed by atoms with Gasteiger partial charge in [-0.2, -0.15) is 0 Å². The molecule has 0 aliphatic carbocycles. The van der Waals surface area contributed by atoms with E-state index in [4.69, 9.17) is 0 Å². The molecule has 1 heterocycles. The monoisotopic (exact) mass is 313 g/mol. The van der Waals surface area contributed by atoms with Crippen molar-refractivity contribution in [2.24, 2.45) is 4.99 Å². The lowest BCUT2D eigenvalue weighted by atomic mass is 10.1. The van der Waals surface area contributed by atoms with Crippen LogP contribution >= 0.6 is 15.9 Å². The summed E-state index contributed by atoms with van der Waals surface area (Å²) in [5.74, 6) is -0.220. The smallest absolute Gasteiger partial charge is 0.256 e. The first kappa shape index (κ1) is 13.0. The predicted octanol–water partition coefficient (Wildman–Crippen LogP) is 2.11. The molecule has 2 N–H and O–H groups in total. The van der Waals surface area contributed by atoms with Gasteiger partial charge in [-0.25, -0.2) is 9.38 Å². The van der Waals surface area contributed by atoms with Gasteiger partial charge in [-0.15, -0.1) is 0 Å². The summed E-state index contributed by atoms with van der Waals surface area (Å²) in [4.78, 5) is 16.1. The molecule has 0 bridgehead atoms. The van der Waals surface area contributed by atoms with Crippen molar-refractivity contribution >= 4 is 27.8 Å². The Labute approximate surface area is 113 Å². The highest BCUT2D eigenvalue weighted by molar-refractivity contribution is 9.10. The van der Waals surface area contributed by atoms with Crippen LogP contribution in [0.3, 0.4) is 0 Å². The van der Waals surface area contributed by atoms with E-state index in [1.54, 1.807) is 6.07 Å². The molecule has 0 spiro atoms. The maximum atomic E-state index is 13.2. The average molecular weight is 314 g/mol. The second-order valence-electron chi connectivity index (χ2n) is 4.33. The van der Waals surface area contributed by atoms with Crippen molar-refractivity contribution in [3.8, 4) is 0 Å². The Balaban J connectivity index is 2.30. The molecule has 1 aliphatic rings. The number of rotatable bonds is 2. The normalized spacial score (nSPS) is 18.8. The molecule has 2 rings (SSSR count). The van der Waals surface area contributed by atoms with E-state index in [9.17, 15) is 9.18 Å². The molecule has 0 aromatic heterocycles. The lowest BCUT2D eigenvalue weighted by molar-refractivity contribution is -0.120. The van der Waals surface area contributed by atoms with Gasteiger partial charge >= 0.3 is 0 Å². The van der Waals surface area contributed by atoms with Crippen LogP contribution in [-0.4, -0.2) is 17.9 Å². The lowest BCUT2D eigenvalue weighted by Crippen LogP contribution is -2.40. The number of hydrogen-bond donors (Lipinski definition) is 2. The summed E-state index contributed by atoms with van der Waals surface area (Å²) in [7, 11) is 0. The van der Waals surface area contributed by atoms with Gasteiger partial charge in [0, 0.05) is 16.1 Å². The Hall–Kier alpha value is -1.43. The Morgan fingerprint density at radius 1 is 1.50 bits per heavy atom. The van der Waals surface area contributed by atoms with Gasteiger partial charge < -0.3 is 5.32 Å². The number of amides is 1. The number of carbonyl (C=O) groups excluding carboxylic acids is 1. The zero-order valence-electron chi connectivity index (χ0n) is 10.00. The molecule has 1 amide bonds. The summed E-state index contributed by atoms with van der Waals surface area (Å²) >= 11 is 3.30. The molecule has 1 atom stereocenters. The fourth-order valence-corrected chi connectivity index (χ4v) is 2.15. The summed E-state index contributed by atoms with van der Waals surface area (Å²) in [5, 5.41) is 5.65. The standard InChI is InChI=1S/C12H13BrFN3O/c1-6(2)15-12-16-10(11(18)17-12)8-5-7(14)3-4-9(8)13/h3-6,10H,1-2H3,(H2,15,16,17,18). The molecule has 96 valence electrons. The number of hydrogen-bond acceptors (Lipinski definition) is 3. The van der Waals surface area contributed by atoms with Gasteiger partial charge in [0.2, 0.25) is 0 Å². The van der Waals surface area contributed by atoms with Gasteiger partial charge in [0.15, 0.2) is 12.0 Å². The molecule has 0 fully saturated rings. The first-order valence-electron chi connectivity index (χ1n) is 5.57. The quantitative estimate of drug-likeness (QED) is 0.878. The summed E-state index contributed by atoms with van der Waals surface area (Å²) < 4.78 is 13.9. The minimum atomic E-state index is -0.712. The Morgan fingerprint density at radius 3 is 2.89 bits per heavy atom. The number of nitrogens with one attached hydrogen (secondary N) is 2. The largest absolute Gasteiger partial charge is 0.354 e. The molecule has 1 unspecified atom stereocenters. The van der Waals surface area contributed by atoms with Crippen molar-refractivity contribution in [1.82, 2.24) is 10.6 Å². The molecule has 18 heavy (non-hydrogen) atoms. The number of aliphatic imine (C=N–C) groups is 1. The summed E-state index contributed by atoms with van der Waals surface area (Å²) in [6.45, 7) is 3.89. The van der Waals surface area contributed by atoms with E-state index < -0.39 is 6.04 Å². The molecule has 1 aliphatic heterocycles. The Kier molecular flexibility index (Phi) is 3.65. The van der Waals surface area contributed by atoms with E-state index in [0.29, 0.717) is 16.0 Å². The number of halogens is 2. The lowest BCUT2D eigenvalue weighted by Gasteiger charge is -2.07. The number of benzene rings is 1. The van der Waals surface area contributed by atoms with Gasteiger partial charge in [0.1, 0.15) is 5.82 Å². The first-order valence-corrected chi connectivity index (χ1v) is 6.37. The third-order valence-corrected chi connectivity index (χ3v) is 3.15. The third-order valence-electron chi connectivity index (χ3n) is 2.43. The molecule has 1 aromatic carbocycles. The molecule has 0 saturated heterocycles. The topological polar surface area (TPSA) is 53.5 Å². The highest BCUT2D eigenvalue weighted by Crippen LogP contribution is 2.29. The van der Waals surface area contributed by atoms with Crippen LogP contribution in [0.4, 0.5) is 4.39 Å². The highest BCUT2D eigenvalue weighted by atomic mass is 79.9. The maximum absolute atomic E-state index is 13.2. The number of nitrogens with zero attached hydrogens (tertiary/aromatic N) is 1. The molecular weight excluding hydrogens is 301 g/mol. The SMILES string of the molecule is CC(C)NC1=NC(c2cc(F)ccc2Br)C(=O)N1. The van der Waals surface area contributed by atoms with E-state index in [0.717, 1.165) is 0 Å². The molecule has 0 saturated carbocycles. The Morgan fingerprint density at radius 2 is 2.22 bits per heavy atom. The van der Waals surface area contributed by atoms with Crippen LogP contribution in [0, 0.1) is 5.82 Å². The number of guanidine groups is 1. The van der Waals surface area contributed by atoms with Gasteiger partial charge in [-0.1, -0.05) is 15.9 Å². The zero-order chi connectivity index (χ0) is 13.3. The van der Waals surface area contributed by atoms with E-state index in [-0.39, 0.29) is 17.8 Å². The third kappa shape index (κ3) is 2.69. The van der Waals surface area contributed by atoms with Gasteiger partial charge in [0.05, 0.1) is 0 Å². The fraction of sp³-hybridized carbons (Fsp3) is 0.333. The van der Waals surface area contributed by atoms with Crippen molar-refractivity contribution in [2.75, 3.05) is 0 Å². The maximum Gasteiger partial charge on any atom is 0.256 e. The van der Waals surface area contributed by atoms with Crippen LogP contribution in [0.2, 0.25) is 0 Å². The van der Waals surface area contributed by atoms with E-state index >= 15 is 0 Å². The van der Waals surface area contributed by atoms with Crippen LogP contribution in [0.25, 0.3) is 0 Å². The molecule has 1 aromatic rings. The van der Waals surface area contributed by atoms with E-state index in [1.165, 1.54) is 12.1 Å². The minimum absolute atomic E-state index is 0.166. The second-order valence-corrected chi connectivity index (χ2v) is 5.19. The second kappa shape index (κ2) is 5.06. The summed E-state index contributed by atoms with van der Waals surface area (Å²) in [6.07, 6.45) is 0. The fourth-order valence-electron chi connectivity index (χ4n) is 1.69. The minimum Gasteiger partial charge on any atom is -0.354 e. The highest BCUT2D eigenvalue weighted by Gasteiger charge is 2.29. The van der Waals surface area contributed by atoms with Crippen LogP contribution in [0.15, 0.2) is 27.7 Å². The van der Waals surface area contributed by atoms with Crippen LogP contribution in [0.1, 0.15) is 25.5 Å². The van der Waals surface area contributed by atoms with E-state index in [2.05, 4.69) is 31.6 Å². The molecule has 4 nitrogen and oxygen atoms in total.